The molecule has 0 radical (unpaired) electrons. The molecule has 0 spiro atoms. The van der Waals surface area contributed by atoms with Crippen LogP contribution >= 0.6 is 11.6 Å². The van der Waals surface area contributed by atoms with Crippen LogP contribution in [0.2, 0.25) is 5.02 Å². The highest BCUT2D eigenvalue weighted by molar-refractivity contribution is 6.32. The van der Waals surface area contributed by atoms with Gasteiger partial charge in [-0.15, -0.1) is 0 Å². The molecule has 0 aliphatic heterocycles. The van der Waals surface area contributed by atoms with Gasteiger partial charge in [-0.05, 0) is 31.2 Å². The molecule has 0 bridgehead atoms. The van der Waals surface area contributed by atoms with Crippen molar-refractivity contribution in [2.75, 3.05) is 0 Å². The van der Waals surface area contributed by atoms with Gasteiger partial charge in [0.2, 0.25) is 5.78 Å². The SMILES string of the molecule is Cc1nc2ncccn2c1C(=O)NC1C(C)(C)C(Oc2ccc(C#N)cc2Cl)C1(C)C. The zero-order valence-corrected chi connectivity index (χ0v) is 18.9. The molecular formula is C23H24ClN5O2. The fourth-order valence-corrected chi connectivity index (χ4v) is 5.29. The Hall–Kier alpha value is -3.11. The van der Waals surface area contributed by atoms with Crippen LogP contribution in [0.3, 0.4) is 0 Å². The zero-order valence-electron chi connectivity index (χ0n) is 18.1. The van der Waals surface area contributed by atoms with E-state index >= 15 is 0 Å². The van der Waals surface area contributed by atoms with Crippen LogP contribution < -0.4 is 10.1 Å². The molecule has 1 aliphatic rings. The lowest BCUT2D eigenvalue weighted by atomic mass is 9.49. The van der Waals surface area contributed by atoms with Gasteiger partial charge >= 0.3 is 0 Å². The summed E-state index contributed by atoms with van der Waals surface area (Å²) in [5.41, 5.74) is 0.872. The molecule has 4 rings (SSSR count). The first kappa shape index (κ1) is 21.1. The maximum absolute atomic E-state index is 13.2. The topological polar surface area (TPSA) is 92.3 Å². The molecule has 0 unspecified atom stereocenters. The Morgan fingerprint density at radius 1 is 1.29 bits per heavy atom. The predicted octanol–water partition coefficient (Wildman–Crippen LogP) is 4.17. The largest absolute Gasteiger partial charge is 0.488 e. The average molecular weight is 438 g/mol. The van der Waals surface area contributed by atoms with Gasteiger partial charge in [-0.3, -0.25) is 9.20 Å². The third kappa shape index (κ3) is 3.31. The molecule has 160 valence electrons. The van der Waals surface area contributed by atoms with Crippen LogP contribution in [0.5, 0.6) is 5.75 Å². The van der Waals surface area contributed by atoms with E-state index in [9.17, 15) is 4.79 Å². The molecular weight excluding hydrogens is 414 g/mol. The zero-order chi connectivity index (χ0) is 22.6. The van der Waals surface area contributed by atoms with E-state index < -0.39 is 0 Å². The molecule has 1 fully saturated rings. The van der Waals surface area contributed by atoms with Crippen molar-refractivity contribution in [3.63, 3.8) is 0 Å². The number of aryl methyl sites for hydroxylation is 1. The Morgan fingerprint density at radius 3 is 2.65 bits per heavy atom. The standard InChI is InChI=1S/C23H24ClN5O2/c1-13-17(29-10-6-9-26-21(29)27-13)18(30)28-19-22(2,3)20(23(19,4)5)31-16-8-7-14(12-25)11-15(16)24/h6-11,19-20H,1-5H3,(H,28,30). The molecule has 2 aromatic heterocycles. The number of hydrogen-bond acceptors (Lipinski definition) is 5. The van der Waals surface area contributed by atoms with Gasteiger partial charge in [0.25, 0.3) is 5.91 Å². The number of carbonyl (C=O) groups is 1. The molecule has 0 atom stereocenters. The molecule has 1 N–H and O–H groups in total. The lowest BCUT2D eigenvalue weighted by Gasteiger charge is -2.63. The Labute approximate surface area is 186 Å². The Morgan fingerprint density at radius 2 is 2.00 bits per heavy atom. The summed E-state index contributed by atoms with van der Waals surface area (Å²) in [6.45, 7) is 10.1. The van der Waals surface area contributed by atoms with Gasteiger partial charge in [-0.2, -0.15) is 5.26 Å². The van der Waals surface area contributed by atoms with Gasteiger partial charge in [-0.1, -0.05) is 39.3 Å². The first-order chi connectivity index (χ1) is 14.6. The second kappa shape index (κ2) is 7.24. The van der Waals surface area contributed by atoms with E-state index in [0.717, 1.165) is 0 Å². The van der Waals surface area contributed by atoms with Gasteiger partial charge in [0.05, 0.1) is 22.3 Å². The number of benzene rings is 1. The Kier molecular flexibility index (Phi) is 4.94. The van der Waals surface area contributed by atoms with Crippen LogP contribution in [0.25, 0.3) is 5.78 Å². The van der Waals surface area contributed by atoms with Crippen molar-refractivity contribution in [3.8, 4) is 11.8 Å². The first-order valence-corrected chi connectivity index (χ1v) is 10.4. The number of aromatic nitrogens is 3. The average Bonchev–Trinajstić information content (AvgIpc) is 3.06. The van der Waals surface area contributed by atoms with Crippen LogP contribution in [0.15, 0.2) is 36.7 Å². The van der Waals surface area contributed by atoms with Crippen molar-refractivity contribution in [1.82, 2.24) is 19.7 Å². The number of imidazole rings is 1. The van der Waals surface area contributed by atoms with Gasteiger partial charge in [0.15, 0.2) is 0 Å². The highest BCUT2D eigenvalue weighted by Gasteiger charge is 2.64. The number of nitrogens with one attached hydrogen (secondary N) is 1. The van der Waals surface area contributed by atoms with E-state index in [2.05, 4.69) is 49.0 Å². The van der Waals surface area contributed by atoms with Crippen LogP contribution in [-0.4, -0.2) is 32.4 Å². The van der Waals surface area contributed by atoms with Crippen molar-refractivity contribution in [2.24, 2.45) is 10.8 Å². The van der Waals surface area contributed by atoms with E-state index in [1.807, 2.05) is 0 Å². The van der Waals surface area contributed by atoms with Crippen molar-refractivity contribution in [1.29, 1.82) is 5.26 Å². The van der Waals surface area contributed by atoms with Gasteiger partial charge in [0.1, 0.15) is 17.5 Å². The summed E-state index contributed by atoms with van der Waals surface area (Å²) in [6, 6.07) is 8.69. The van der Waals surface area contributed by atoms with Crippen LogP contribution in [-0.2, 0) is 0 Å². The summed E-state index contributed by atoms with van der Waals surface area (Å²) in [4.78, 5) is 21.8. The summed E-state index contributed by atoms with van der Waals surface area (Å²) in [5, 5.41) is 12.6. The number of hydrogen-bond donors (Lipinski definition) is 1. The van der Waals surface area contributed by atoms with E-state index in [4.69, 9.17) is 21.6 Å². The Bertz CT molecular complexity index is 1210. The molecule has 0 saturated heterocycles. The maximum atomic E-state index is 13.2. The smallest absolute Gasteiger partial charge is 0.270 e. The molecule has 31 heavy (non-hydrogen) atoms. The number of nitrogens with zero attached hydrogens (tertiary/aromatic N) is 4. The van der Waals surface area contributed by atoms with Gasteiger partial charge in [0, 0.05) is 29.3 Å². The third-order valence-corrected chi connectivity index (χ3v) is 6.51. The molecule has 7 nitrogen and oxygen atoms in total. The number of fused-ring (bicyclic) bond motifs is 1. The number of ether oxygens (including phenoxy) is 1. The molecule has 1 saturated carbocycles. The van der Waals surface area contributed by atoms with E-state index in [0.29, 0.717) is 33.5 Å². The summed E-state index contributed by atoms with van der Waals surface area (Å²) >= 11 is 6.32. The molecule has 3 aromatic rings. The highest BCUT2D eigenvalue weighted by atomic mass is 35.5. The summed E-state index contributed by atoms with van der Waals surface area (Å²) in [7, 11) is 0. The third-order valence-electron chi connectivity index (χ3n) is 6.21. The second-order valence-corrected chi connectivity index (χ2v) is 9.55. The number of rotatable bonds is 4. The monoisotopic (exact) mass is 437 g/mol. The predicted molar refractivity (Wildman–Crippen MR) is 117 cm³/mol. The first-order valence-electron chi connectivity index (χ1n) is 10.0. The van der Waals surface area contributed by atoms with Crippen molar-refractivity contribution in [2.45, 2.75) is 46.8 Å². The summed E-state index contributed by atoms with van der Waals surface area (Å²) < 4.78 is 7.99. The molecule has 8 heteroatoms. The summed E-state index contributed by atoms with van der Waals surface area (Å²) in [5.74, 6) is 0.827. The van der Waals surface area contributed by atoms with Gasteiger partial charge < -0.3 is 10.1 Å². The minimum atomic E-state index is -0.358. The van der Waals surface area contributed by atoms with Crippen molar-refractivity contribution in [3.05, 3.63) is 58.6 Å². The Balaban J connectivity index is 1.57. The quantitative estimate of drug-likeness (QED) is 0.661. The van der Waals surface area contributed by atoms with Crippen LogP contribution in [0.1, 0.15) is 49.4 Å². The minimum absolute atomic E-state index is 0.142. The normalized spacial score (nSPS) is 21.2. The number of nitriles is 1. The summed E-state index contributed by atoms with van der Waals surface area (Å²) in [6.07, 6.45) is 3.24. The van der Waals surface area contributed by atoms with Crippen molar-refractivity contribution < 1.29 is 9.53 Å². The fraction of sp³-hybridized carbons (Fsp3) is 0.391. The lowest BCUT2D eigenvalue weighted by Crippen LogP contribution is -2.74. The molecule has 1 amide bonds. The van der Waals surface area contributed by atoms with Crippen LogP contribution in [0.4, 0.5) is 0 Å². The van der Waals surface area contributed by atoms with E-state index in [-0.39, 0.29) is 28.9 Å². The maximum Gasteiger partial charge on any atom is 0.270 e. The van der Waals surface area contributed by atoms with E-state index in [1.165, 1.54) is 0 Å². The highest BCUT2D eigenvalue weighted by Crippen LogP contribution is 2.56. The minimum Gasteiger partial charge on any atom is -0.488 e. The molecule has 1 aliphatic carbocycles. The molecule has 1 aromatic carbocycles. The number of carbonyl (C=O) groups excluding carboxylic acids is 1. The second-order valence-electron chi connectivity index (χ2n) is 9.14. The fourth-order valence-electron chi connectivity index (χ4n) is 5.06. The van der Waals surface area contributed by atoms with Crippen LogP contribution in [0, 0.1) is 29.1 Å². The van der Waals surface area contributed by atoms with Gasteiger partial charge in [-0.25, -0.2) is 9.97 Å². The van der Waals surface area contributed by atoms with E-state index in [1.54, 1.807) is 48.0 Å². The number of amides is 1. The lowest BCUT2D eigenvalue weighted by molar-refractivity contribution is -0.164. The number of halogens is 1. The molecule has 2 heterocycles. The van der Waals surface area contributed by atoms with Crippen molar-refractivity contribution >= 4 is 23.3 Å².